The molecule has 0 bridgehead atoms. The van der Waals surface area contributed by atoms with Gasteiger partial charge in [0.05, 0.1) is 11.8 Å². The monoisotopic (exact) mass is 338 g/mol. The van der Waals surface area contributed by atoms with Crippen LogP contribution in [0.1, 0.15) is 21.7 Å². The van der Waals surface area contributed by atoms with Crippen molar-refractivity contribution in [1.82, 2.24) is 20.3 Å². The molecule has 0 spiro atoms. The van der Waals surface area contributed by atoms with E-state index in [0.29, 0.717) is 28.7 Å². The summed E-state index contributed by atoms with van der Waals surface area (Å²) in [4.78, 5) is 24.3. The minimum absolute atomic E-state index is 0.130. The number of amides is 1. The van der Waals surface area contributed by atoms with E-state index in [1.54, 1.807) is 38.5 Å². The van der Waals surface area contributed by atoms with Crippen LogP contribution in [0.3, 0.4) is 0 Å². The molecule has 0 fully saturated rings. The lowest BCUT2D eigenvalue weighted by molar-refractivity contribution is 0.0962. The topological polar surface area (TPSA) is 119 Å². The maximum absolute atomic E-state index is 11.7. The largest absolute Gasteiger partial charge is 0.441 e. The van der Waals surface area contributed by atoms with Gasteiger partial charge in [-0.1, -0.05) is 0 Å². The predicted molar refractivity (Wildman–Crippen MR) is 94.5 cm³/mol. The number of benzene rings is 1. The highest BCUT2D eigenvalue weighted by molar-refractivity contribution is 5.95. The van der Waals surface area contributed by atoms with E-state index >= 15 is 0 Å². The molecule has 25 heavy (non-hydrogen) atoms. The maximum Gasteiger partial charge on any atom is 0.251 e. The van der Waals surface area contributed by atoms with Crippen LogP contribution in [-0.2, 0) is 0 Å². The zero-order valence-corrected chi connectivity index (χ0v) is 14.1. The van der Waals surface area contributed by atoms with E-state index in [2.05, 4.69) is 25.6 Å². The number of rotatable bonds is 4. The first-order valence-corrected chi connectivity index (χ1v) is 7.63. The average Bonchev–Trinajstić information content (AvgIpc) is 3.00. The lowest BCUT2D eigenvalue weighted by atomic mass is 10.1. The molecule has 0 aliphatic rings. The van der Waals surface area contributed by atoms with E-state index in [9.17, 15) is 4.79 Å². The minimum atomic E-state index is -0.130. The fourth-order valence-corrected chi connectivity index (χ4v) is 2.36. The molecular weight excluding hydrogens is 320 g/mol. The number of aromatic nitrogens is 3. The molecule has 2 heterocycles. The van der Waals surface area contributed by atoms with Crippen LogP contribution in [-0.4, -0.2) is 27.9 Å². The standard InChI is InChI=1S/C17H18N6O2/c1-9-6-11(4-5-12(9)15(24)19-3)22-17-21-8-13(14(18)23-17)16-20-7-10(2)25-16/h4-8H,1-3H3,(H,19,24)(H3,18,21,22,23). The van der Waals surface area contributed by atoms with Crippen LogP contribution in [0.5, 0.6) is 0 Å². The predicted octanol–water partition coefficient (Wildman–Crippen LogP) is 2.43. The first-order valence-electron chi connectivity index (χ1n) is 7.63. The number of aryl methyl sites for hydroxylation is 2. The molecule has 0 aliphatic carbocycles. The lowest BCUT2D eigenvalue weighted by Gasteiger charge is -2.10. The van der Waals surface area contributed by atoms with E-state index < -0.39 is 0 Å². The molecule has 0 aliphatic heterocycles. The van der Waals surface area contributed by atoms with E-state index in [4.69, 9.17) is 10.2 Å². The van der Waals surface area contributed by atoms with Crippen molar-refractivity contribution in [3.05, 3.63) is 47.5 Å². The van der Waals surface area contributed by atoms with Crippen LogP contribution >= 0.6 is 0 Å². The Kier molecular flexibility index (Phi) is 4.34. The quantitative estimate of drug-likeness (QED) is 0.668. The smallest absolute Gasteiger partial charge is 0.251 e. The van der Waals surface area contributed by atoms with Crippen LogP contribution in [0.25, 0.3) is 11.5 Å². The molecule has 0 saturated heterocycles. The van der Waals surface area contributed by atoms with E-state index in [1.165, 1.54) is 0 Å². The van der Waals surface area contributed by atoms with Crippen molar-refractivity contribution in [2.75, 3.05) is 18.1 Å². The van der Waals surface area contributed by atoms with Gasteiger partial charge in [-0.2, -0.15) is 4.98 Å². The summed E-state index contributed by atoms with van der Waals surface area (Å²) in [5, 5.41) is 5.68. The summed E-state index contributed by atoms with van der Waals surface area (Å²) < 4.78 is 5.44. The third kappa shape index (κ3) is 3.42. The van der Waals surface area contributed by atoms with Crippen molar-refractivity contribution in [3.8, 4) is 11.5 Å². The van der Waals surface area contributed by atoms with Gasteiger partial charge < -0.3 is 20.8 Å². The molecule has 4 N–H and O–H groups in total. The second-order valence-electron chi connectivity index (χ2n) is 5.50. The van der Waals surface area contributed by atoms with Gasteiger partial charge in [0.25, 0.3) is 5.91 Å². The Morgan fingerprint density at radius 2 is 2.00 bits per heavy atom. The molecule has 0 unspecified atom stereocenters. The van der Waals surface area contributed by atoms with E-state index in [0.717, 1.165) is 11.3 Å². The number of nitrogens with one attached hydrogen (secondary N) is 2. The fraction of sp³-hybridized carbons (Fsp3) is 0.176. The first-order chi connectivity index (χ1) is 12.0. The second kappa shape index (κ2) is 6.60. The van der Waals surface area contributed by atoms with Crippen LogP contribution in [0.15, 0.2) is 35.0 Å². The molecule has 0 radical (unpaired) electrons. The van der Waals surface area contributed by atoms with Gasteiger partial charge in [0.1, 0.15) is 11.6 Å². The van der Waals surface area contributed by atoms with Crippen LogP contribution in [0, 0.1) is 13.8 Å². The third-order valence-corrected chi connectivity index (χ3v) is 3.62. The zero-order valence-electron chi connectivity index (χ0n) is 14.1. The first kappa shape index (κ1) is 16.4. The third-order valence-electron chi connectivity index (χ3n) is 3.62. The number of nitrogens with zero attached hydrogens (tertiary/aromatic N) is 3. The van der Waals surface area contributed by atoms with Crippen molar-refractivity contribution in [3.63, 3.8) is 0 Å². The zero-order chi connectivity index (χ0) is 18.0. The fourth-order valence-electron chi connectivity index (χ4n) is 2.36. The van der Waals surface area contributed by atoms with Gasteiger partial charge in [-0.25, -0.2) is 9.97 Å². The van der Waals surface area contributed by atoms with Gasteiger partial charge in [-0.05, 0) is 37.6 Å². The van der Waals surface area contributed by atoms with Crippen molar-refractivity contribution >= 4 is 23.4 Å². The number of oxazole rings is 1. The highest BCUT2D eigenvalue weighted by Gasteiger charge is 2.12. The lowest BCUT2D eigenvalue weighted by Crippen LogP contribution is -2.18. The van der Waals surface area contributed by atoms with Crippen molar-refractivity contribution in [2.24, 2.45) is 0 Å². The molecule has 1 aromatic carbocycles. The van der Waals surface area contributed by atoms with Crippen molar-refractivity contribution in [1.29, 1.82) is 0 Å². The highest BCUT2D eigenvalue weighted by atomic mass is 16.4. The molecule has 128 valence electrons. The summed E-state index contributed by atoms with van der Waals surface area (Å²) >= 11 is 0. The number of hydrogen-bond acceptors (Lipinski definition) is 7. The summed E-state index contributed by atoms with van der Waals surface area (Å²) in [7, 11) is 1.60. The average molecular weight is 338 g/mol. The van der Waals surface area contributed by atoms with Crippen molar-refractivity contribution < 1.29 is 9.21 Å². The van der Waals surface area contributed by atoms with Gasteiger partial charge in [0.2, 0.25) is 11.8 Å². The number of carbonyl (C=O) groups is 1. The molecule has 3 aromatic rings. The molecule has 3 rings (SSSR count). The van der Waals surface area contributed by atoms with E-state index in [1.807, 2.05) is 13.0 Å². The molecule has 0 atom stereocenters. The van der Waals surface area contributed by atoms with Gasteiger partial charge in [-0.15, -0.1) is 0 Å². The van der Waals surface area contributed by atoms with Gasteiger partial charge in [0.15, 0.2) is 0 Å². The number of nitrogens with two attached hydrogens (primary N) is 1. The number of anilines is 3. The van der Waals surface area contributed by atoms with Crippen LogP contribution in [0.4, 0.5) is 17.5 Å². The normalized spacial score (nSPS) is 10.5. The maximum atomic E-state index is 11.7. The number of carbonyl (C=O) groups excluding carboxylic acids is 1. The van der Waals surface area contributed by atoms with Gasteiger partial charge in [0, 0.05) is 24.5 Å². The van der Waals surface area contributed by atoms with Gasteiger partial charge >= 0.3 is 0 Å². The van der Waals surface area contributed by atoms with Crippen LogP contribution < -0.4 is 16.4 Å². The molecule has 8 nitrogen and oxygen atoms in total. The summed E-state index contributed by atoms with van der Waals surface area (Å²) in [6, 6.07) is 5.36. The molecule has 1 amide bonds. The summed E-state index contributed by atoms with van der Waals surface area (Å²) in [5.74, 6) is 1.54. The Bertz CT molecular complexity index is 935. The Morgan fingerprint density at radius 1 is 1.20 bits per heavy atom. The Labute approximate surface area is 144 Å². The number of nitrogen functional groups attached to an aromatic ring is 1. The Hall–Kier alpha value is -3.42. The second-order valence-corrected chi connectivity index (χ2v) is 5.50. The molecular formula is C17H18N6O2. The Morgan fingerprint density at radius 3 is 2.60 bits per heavy atom. The summed E-state index contributed by atoms with van der Waals surface area (Å²) in [5.41, 5.74) is 8.72. The number of hydrogen-bond donors (Lipinski definition) is 3. The Balaban J connectivity index is 1.83. The molecule has 2 aromatic heterocycles. The minimum Gasteiger partial charge on any atom is -0.441 e. The van der Waals surface area contributed by atoms with Gasteiger partial charge in [-0.3, -0.25) is 4.79 Å². The molecule has 0 saturated carbocycles. The SMILES string of the molecule is CNC(=O)c1ccc(Nc2ncc(-c3ncc(C)o3)c(N)n2)cc1C. The summed E-state index contributed by atoms with van der Waals surface area (Å²) in [6.07, 6.45) is 3.17. The highest BCUT2D eigenvalue weighted by Crippen LogP contribution is 2.25. The summed E-state index contributed by atoms with van der Waals surface area (Å²) in [6.45, 7) is 3.66. The van der Waals surface area contributed by atoms with Crippen LogP contribution in [0.2, 0.25) is 0 Å². The molecule has 8 heteroatoms. The van der Waals surface area contributed by atoms with E-state index in [-0.39, 0.29) is 11.7 Å². The van der Waals surface area contributed by atoms with Crippen molar-refractivity contribution in [2.45, 2.75) is 13.8 Å².